The van der Waals surface area contributed by atoms with Gasteiger partial charge < -0.3 is 4.42 Å². The summed E-state index contributed by atoms with van der Waals surface area (Å²) in [6.45, 7) is 1.44. The lowest BCUT2D eigenvalue weighted by molar-refractivity contribution is 0.309. The topological polar surface area (TPSA) is 71.6 Å². The molecule has 8 heteroatoms. The van der Waals surface area contributed by atoms with Crippen LogP contribution in [-0.4, -0.2) is 46.9 Å². The van der Waals surface area contributed by atoms with E-state index in [4.69, 9.17) is 4.42 Å². The summed E-state index contributed by atoms with van der Waals surface area (Å²) in [7, 11) is -1.89. The minimum atomic E-state index is -3.50. The van der Waals surface area contributed by atoms with Crippen molar-refractivity contribution in [1.82, 2.24) is 18.4 Å². The van der Waals surface area contributed by atoms with Gasteiger partial charge >= 0.3 is 0 Å². The van der Waals surface area contributed by atoms with Crippen LogP contribution in [0.15, 0.2) is 41.3 Å². The lowest BCUT2D eigenvalue weighted by atomic mass is 10.2. The van der Waals surface area contributed by atoms with E-state index in [0.717, 1.165) is 12.8 Å². The van der Waals surface area contributed by atoms with Crippen molar-refractivity contribution in [2.75, 3.05) is 20.1 Å². The largest absolute Gasteiger partial charge is 0.468 e. The molecule has 1 fully saturated rings. The maximum Gasteiger partial charge on any atom is 0.282 e. The molecule has 0 radical (unpaired) electrons. The first-order chi connectivity index (χ1) is 10.6. The number of nitrogens with zero attached hydrogens (tertiary/aromatic N) is 4. The van der Waals surface area contributed by atoms with Gasteiger partial charge in [0.1, 0.15) is 5.76 Å². The van der Waals surface area contributed by atoms with Crippen LogP contribution < -0.4 is 0 Å². The molecule has 1 saturated heterocycles. The van der Waals surface area contributed by atoms with Crippen LogP contribution in [0.25, 0.3) is 0 Å². The first kappa shape index (κ1) is 15.3. The molecule has 0 spiro atoms. The Bertz CT molecular complexity index is 682. The fourth-order valence-electron chi connectivity index (χ4n) is 2.75. The van der Waals surface area contributed by atoms with E-state index >= 15 is 0 Å². The standard InChI is InChI=1S/C14H20N4O3S/c1-16(10-11-17-8-4-7-15-17)22(19,20)18-9-2-5-13(18)14-6-3-12-21-14/h3-4,6-8,12-13H,2,5,9-11H2,1H3/t13-/m0/s1. The molecule has 2 aromatic rings. The zero-order valence-electron chi connectivity index (χ0n) is 12.5. The molecule has 1 atom stereocenters. The van der Waals surface area contributed by atoms with Crippen LogP contribution in [0.5, 0.6) is 0 Å². The van der Waals surface area contributed by atoms with Crippen LogP contribution >= 0.6 is 0 Å². The molecule has 1 aliphatic heterocycles. The van der Waals surface area contributed by atoms with E-state index in [1.165, 1.54) is 8.61 Å². The van der Waals surface area contributed by atoms with Crippen LogP contribution in [0.1, 0.15) is 24.6 Å². The molecule has 7 nitrogen and oxygen atoms in total. The van der Waals surface area contributed by atoms with Crippen molar-refractivity contribution < 1.29 is 12.8 Å². The second-order valence-corrected chi connectivity index (χ2v) is 7.37. The quantitative estimate of drug-likeness (QED) is 0.807. The van der Waals surface area contributed by atoms with Crippen molar-refractivity contribution in [1.29, 1.82) is 0 Å². The van der Waals surface area contributed by atoms with Gasteiger partial charge in [-0.2, -0.15) is 22.1 Å². The third-order valence-electron chi connectivity index (χ3n) is 3.97. The summed E-state index contributed by atoms with van der Waals surface area (Å²) in [6.07, 6.45) is 6.72. The highest BCUT2D eigenvalue weighted by molar-refractivity contribution is 7.86. The van der Waals surface area contributed by atoms with Gasteiger partial charge in [-0.25, -0.2) is 0 Å². The molecule has 3 heterocycles. The van der Waals surface area contributed by atoms with Gasteiger partial charge in [0.05, 0.1) is 18.8 Å². The molecule has 120 valence electrons. The molecule has 3 rings (SSSR count). The molecular formula is C14H20N4O3S. The van der Waals surface area contributed by atoms with E-state index in [2.05, 4.69) is 5.10 Å². The number of hydrogen-bond donors (Lipinski definition) is 0. The monoisotopic (exact) mass is 324 g/mol. The van der Waals surface area contributed by atoms with Crippen molar-refractivity contribution >= 4 is 10.2 Å². The third-order valence-corrected chi connectivity index (χ3v) is 5.97. The minimum absolute atomic E-state index is 0.202. The number of likely N-dealkylation sites (N-methyl/N-ethyl adjacent to an activating group) is 1. The molecule has 0 unspecified atom stereocenters. The summed E-state index contributed by atoms with van der Waals surface area (Å²) in [4.78, 5) is 0. The number of hydrogen-bond acceptors (Lipinski definition) is 4. The number of rotatable bonds is 6. The average molecular weight is 324 g/mol. The van der Waals surface area contributed by atoms with Crippen LogP contribution in [0.3, 0.4) is 0 Å². The zero-order chi connectivity index (χ0) is 15.6. The Morgan fingerprint density at radius 2 is 2.32 bits per heavy atom. The zero-order valence-corrected chi connectivity index (χ0v) is 13.3. The van der Waals surface area contributed by atoms with Crippen molar-refractivity contribution in [3.05, 3.63) is 42.6 Å². The molecule has 0 N–H and O–H groups in total. The molecule has 0 saturated carbocycles. The average Bonchev–Trinajstić information content (AvgIpc) is 3.25. The van der Waals surface area contributed by atoms with Crippen LogP contribution in [0.4, 0.5) is 0 Å². The van der Waals surface area contributed by atoms with Gasteiger partial charge in [-0.3, -0.25) is 4.68 Å². The maximum absolute atomic E-state index is 12.8. The Morgan fingerprint density at radius 3 is 3.00 bits per heavy atom. The fourth-order valence-corrected chi connectivity index (χ4v) is 4.31. The van der Waals surface area contributed by atoms with E-state index in [0.29, 0.717) is 25.4 Å². The van der Waals surface area contributed by atoms with Gasteiger partial charge in [0.25, 0.3) is 10.2 Å². The summed E-state index contributed by atoms with van der Waals surface area (Å²) in [6, 6.07) is 5.25. The highest BCUT2D eigenvalue weighted by Crippen LogP contribution is 2.35. The van der Waals surface area contributed by atoms with Gasteiger partial charge in [0, 0.05) is 32.5 Å². The van der Waals surface area contributed by atoms with Gasteiger partial charge in [0.2, 0.25) is 0 Å². The molecule has 22 heavy (non-hydrogen) atoms. The predicted octanol–water partition coefficient (Wildman–Crippen LogP) is 1.49. The number of aromatic nitrogens is 2. The maximum atomic E-state index is 12.8. The first-order valence-corrected chi connectivity index (χ1v) is 8.72. The normalized spacial score (nSPS) is 20.0. The molecule has 0 bridgehead atoms. The Labute approximate surface area is 130 Å². The number of furan rings is 1. The van der Waals surface area contributed by atoms with Crippen LogP contribution in [0, 0.1) is 0 Å². The molecule has 1 aliphatic rings. The summed E-state index contributed by atoms with van der Waals surface area (Å²) in [5.41, 5.74) is 0. The van der Waals surface area contributed by atoms with Crippen LogP contribution in [0.2, 0.25) is 0 Å². The Kier molecular flexibility index (Phi) is 4.32. The SMILES string of the molecule is CN(CCn1cccn1)S(=O)(=O)N1CCC[C@H]1c1ccco1. The van der Waals surface area contributed by atoms with Crippen molar-refractivity contribution in [3.8, 4) is 0 Å². The van der Waals surface area contributed by atoms with E-state index in [1.54, 1.807) is 30.3 Å². The van der Waals surface area contributed by atoms with Gasteiger partial charge in [-0.15, -0.1) is 0 Å². The molecule has 2 aromatic heterocycles. The van der Waals surface area contributed by atoms with Crippen molar-refractivity contribution in [2.24, 2.45) is 0 Å². The van der Waals surface area contributed by atoms with Gasteiger partial charge in [-0.05, 0) is 31.0 Å². The van der Waals surface area contributed by atoms with Crippen molar-refractivity contribution in [2.45, 2.75) is 25.4 Å². The summed E-state index contributed by atoms with van der Waals surface area (Å²) in [5.74, 6) is 0.710. The lowest BCUT2D eigenvalue weighted by Crippen LogP contribution is -2.42. The third kappa shape index (κ3) is 2.94. The van der Waals surface area contributed by atoms with E-state index in [-0.39, 0.29) is 6.04 Å². The Hall–Kier alpha value is -1.64. The van der Waals surface area contributed by atoms with Gasteiger partial charge in [-0.1, -0.05) is 0 Å². The van der Waals surface area contributed by atoms with E-state index in [9.17, 15) is 8.42 Å². The predicted molar refractivity (Wildman–Crippen MR) is 81.2 cm³/mol. The second kappa shape index (κ2) is 6.23. The Morgan fingerprint density at radius 1 is 1.45 bits per heavy atom. The molecule has 0 aliphatic carbocycles. The summed E-state index contributed by atoms with van der Waals surface area (Å²) >= 11 is 0. The smallest absolute Gasteiger partial charge is 0.282 e. The molecule has 0 aromatic carbocycles. The first-order valence-electron chi connectivity index (χ1n) is 7.33. The summed E-state index contributed by atoms with van der Waals surface area (Å²) in [5, 5.41) is 4.09. The highest BCUT2D eigenvalue weighted by atomic mass is 32.2. The van der Waals surface area contributed by atoms with Gasteiger partial charge in [0.15, 0.2) is 0 Å². The summed E-state index contributed by atoms with van der Waals surface area (Å²) < 4.78 is 35.6. The van der Waals surface area contributed by atoms with Crippen LogP contribution in [-0.2, 0) is 16.8 Å². The van der Waals surface area contributed by atoms with Crippen molar-refractivity contribution in [3.63, 3.8) is 0 Å². The molecule has 0 amide bonds. The van der Waals surface area contributed by atoms with E-state index in [1.807, 2.05) is 18.3 Å². The fraction of sp³-hybridized carbons (Fsp3) is 0.500. The highest BCUT2D eigenvalue weighted by Gasteiger charge is 2.38. The lowest BCUT2D eigenvalue weighted by Gasteiger charge is -2.27. The second-order valence-electron chi connectivity index (χ2n) is 5.38. The minimum Gasteiger partial charge on any atom is -0.468 e. The van der Waals surface area contributed by atoms with E-state index < -0.39 is 10.2 Å². The molecular weight excluding hydrogens is 304 g/mol. The Balaban J connectivity index is 1.71.